The Labute approximate surface area is 92.9 Å². The van der Waals surface area contributed by atoms with Gasteiger partial charge < -0.3 is 5.73 Å². The standard InChI is InChI=1S/C9H6BrFN2S/c10-7-8(13-14-9(7)12)5-1-3-6(11)4-2-5/h1-4H,12H2. The number of nitrogen functional groups attached to an aromatic ring is 1. The average molecular weight is 273 g/mol. The minimum Gasteiger partial charge on any atom is -0.388 e. The van der Waals surface area contributed by atoms with Crippen molar-refractivity contribution in [2.75, 3.05) is 5.73 Å². The summed E-state index contributed by atoms with van der Waals surface area (Å²) in [6.45, 7) is 0. The number of nitrogens with two attached hydrogens (primary N) is 1. The van der Waals surface area contributed by atoms with E-state index in [2.05, 4.69) is 20.3 Å². The molecule has 0 unspecified atom stereocenters. The molecule has 1 aromatic heterocycles. The van der Waals surface area contributed by atoms with Crippen molar-refractivity contribution in [1.82, 2.24) is 4.37 Å². The third kappa shape index (κ3) is 1.65. The monoisotopic (exact) mass is 272 g/mol. The maximum Gasteiger partial charge on any atom is 0.123 e. The van der Waals surface area contributed by atoms with Gasteiger partial charge in [-0.15, -0.1) is 0 Å². The molecule has 0 aliphatic heterocycles. The molecule has 0 saturated carbocycles. The number of rotatable bonds is 1. The number of benzene rings is 1. The number of anilines is 1. The number of aromatic nitrogens is 1. The highest BCUT2D eigenvalue weighted by atomic mass is 79.9. The van der Waals surface area contributed by atoms with E-state index in [-0.39, 0.29) is 5.82 Å². The van der Waals surface area contributed by atoms with E-state index in [1.165, 1.54) is 23.7 Å². The fourth-order valence-electron chi connectivity index (χ4n) is 1.08. The lowest BCUT2D eigenvalue weighted by Gasteiger charge is -1.97. The van der Waals surface area contributed by atoms with Crippen LogP contribution in [0.4, 0.5) is 9.39 Å². The largest absolute Gasteiger partial charge is 0.388 e. The molecule has 0 radical (unpaired) electrons. The van der Waals surface area contributed by atoms with Crippen LogP contribution in [0.1, 0.15) is 0 Å². The van der Waals surface area contributed by atoms with E-state index in [0.29, 0.717) is 5.00 Å². The first-order valence-electron chi connectivity index (χ1n) is 3.85. The molecule has 0 atom stereocenters. The second kappa shape index (κ2) is 3.67. The van der Waals surface area contributed by atoms with Crippen molar-refractivity contribution in [2.45, 2.75) is 0 Å². The molecule has 5 heteroatoms. The van der Waals surface area contributed by atoms with Crippen molar-refractivity contribution in [2.24, 2.45) is 0 Å². The van der Waals surface area contributed by atoms with Crippen molar-refractivity contribution < 1.29 is 4.39 Å². The third-order valence-corrected chi connectivity index (χ3v) is 3.52. The predicted octanol–water partition coefficient (Wildman–Crippen LogP) is 3.29. The number of nitrogens with zero attached hydrogens (tertiary/aromatic N) is 1. The van der Waals surface area contributed by atoms with E-state index in [0.717, 1.165) is 15.7 Å². The molecule has 1 aromatic carbocycles. The van der Waals surface area contributed by atoms with Crippen LogP contribution in [0.3, 0.4) is 0 Å². The zero-order chi connectivity index (χ0) is 10.1. The fourth-order valence-corrected chi connectivity index (χ4v) is 2.29. The summed E-state index contributed by atoms with van der Waals surface area (Å²) < 4.78 is 17.6. The lowest BCUT2D eigenvalue weighted by molar-refractivity contribution is 0.628. The first kappa shape index (κ1) is 9.61. The summed E-state index contributed by atoms with van der Waals surface area (Å²) in [4.78, 5) is 0. The molecular weight excluding hydrogens is 267 g/mol. The van der Waals surface area contributed by atoms with Crippen LogP contribution in [0.25, 0.3) is 11.3 Å². The Morgan fingerprint density at radius 2 is 1.93 bits per heavy atom. The fraction of sp³-hybridized carbons (Fsp3) is 0. The average Bonchev–Trinajstić information content (AvgIpc) is 2.50. The summed E-state index contributed by atoms with van der Waals surface area (Å²) in [7, 11) is 0. The molecule has 1 heterocycles. The summed E-state index contributed by atoms with van der Waals surface area (Å²) in [5, 5.41) is 0.629. The molecular formula is C9H6BrFN2S. The zero-order valence-electron chi connectivity index (χ0n) is 7.00. The Kier molecular flexibility index (Phi) is 2.52. The highest BCUT2D eigenvalue weighted by molar-refractivity contribution is 9.10. The van der Waals surface area contributed by atoms with Crippen LogP contribution in [0.5, 0.6) is 0 Å². The molecule has 2 rings (SSSR count). The Morgan fingerprint density at radius 3 is 2.43 bits per heavy atom. The molecule has 2 N–H and O–H groups in total. The maximum atomic E-state index is 12.7. The molecule has 2 aromatic rings. The smallest absolute Gasteiger partial charge is 0.123 e. The Morgan fingerprint density at radius 1 is 1.29 bits per heavy atom. The van der Waals surface area contributed by atoms with E-state index in [4.69, 9.17) is 5.73 Å². The lowest BCUT2D eigenvalue weighted by atomic mass is 10.1. The van der Waals surface area contributed by atoms with Gasteiger partial charge in [-0.3, -0.25) is 0 Å². The van der Waals surface area contributed by atoms with Gasteiger partial charge in [-0.2, -0.15) is 4.37 Å². The van der Waals surface area contributed by atoms with Crippen molar-refractivity contribution in [1.29, 1.82) is 0 Å². The first-order chi connectivity index (χ1) is 6.68. The van der Waals surface area contributed by atoms with Crippen LogP contribution >= 0.6 is 27.5 Å². The molecule has 0 bridgehead atoms. The Hall–Kier alpha value is -0.940. The van der Waals surface area contributed by atoms with Gasteiger partial charge in [0.1, 0.15) is 16.5 Å². The van der Waals surface area contributed by atoms with Crippen LogP contribution in [0.15, 0.2) is 28.7 Å². The summed E-state index contributed by atoms with van der Waals surface area (Å²) >= 11 is 4.55. The molecule has 2 nitrogen and oxygen atoms in total. The molecule has 0 saturated heterocycles. The highest BCUT2D eigenvalue weighted by Crippen LogP contribution is 2.34. The van der Waals surface area contributed by atoms with E-state index >= 15 is 0 Å². The van der Waals surface area contributed by atoms with Crippen molar-refractivity contribution in [3.8, 4) is 11.3 Å². The van der Waals surface area contributed by atoms with Crippen molar-refractivity contribution in [3.05, 3.63) is 34.6 Å². The number of halogens is 2. The van der Waals surface area contributed by atoms with Gasteiger partial charge in [-0.05, 0) is 51.7 Å². The third-order valence-electron chi connectivity index (χ3n) is 1.78. The topological polar surface area (TPSA) is 38.9 Å². The normalized spacial score (nSPS) is 10.4. The SMILES string of the molecule is Nc1snc(-c2ccc(F)cc2)c1Br. The highest BCUT2D eigenvalue weighted by Gasteiger charge is 2.10. The Bertz CT molecular complexity index is 452. The van der Waals surface area contributed by atoms with Crippen molar-refractivity contribution >= 4 is 32.5 Å². The van der Waals surface area contributed by atoms with E-state index in [1.807, 2.05) is 0 Å². The van der Waals surface area contributed by atoms with Crippen LogP contribution in [0.2, 0.25) is 0 Å². The molecule has 0 amide bonds. The maximum absolute atomic E-state index is 12.7. The summed E-state index contributed by atoms with van der Waals surface area (Å²) in [6.07, 6.45) is 0. The van der Waals surface area contributed by atoms with E-state index in [1.54, 1.807) is 12.1 Å². The van der Waals surface area contributed by atoms with E-state index in [9.17, 15) is 4.39 Å². The van der Waals surface area contributed by atoms with Crippen molar-refractivity contribution in [3.63, 3.8) is 0 Å². The molecule has 0 aliphatic carbocycles. The zero-order valence-corrected chi connectivity index (χ0v) is 9.40. The number of hydrogen-bond donors (Lipinski definition) is 1. The molecule has 0 spiro atoms. The minimum absolute atomic E-state index is 0.256. The second-order valence-electron chi connectivity index (χ2n) is 2.72. The lowest BCUT2D eigenvalue weighted by Crippen LogP contribution is -1.81. The van der Waals surface area contributed by atoms with Crippen LogP contribution in [0, 0.1) is 5.82 Å². The second-order valence-corrected chi connectivity index (χ2v) is 4.31. The van der Waals surface area contributed by atoms with Gasteiger partial charge in [0.15, 0.2) is 0 Å². The van der Waals surface area contributed by atoms with Crippen LogP contribution in [-0.4, -0.2) is 4.37 Å². The van der Waals surface area contributed by atoms with Gasteiger partial charge in [0.2, 0.25) is 0 Å². The first-order valence-corrected chi connectivity index (χ1v) is 5.41. The predicted molar refractivity (Wildman–Crippen MR) is 59.6 cm³/mol. The summed E-state index contributed by atoms with van der Waals surface area (Å²) in [6, 6.07) is 6.15. The van der Waals surface area contributed by atoms with Gasteiger partial charge in [0.25, 0.3) is 0 Å². The van der Waals surface area contributed by atoms with Crippen LogP contribution < -0.4 is 5.73 Å². The van der Waals surface area contributed by atoms with Gasteiger partial charge >= 0.3 is 0 Å². The van der Waals surface area contributed by atoms with Crippen LogP contribution in [-0.2, 0) is 0 Å². The van der Waals surface area contributed by atoms with E-state index < -0.39 is 0 Å². The van der Waals surface area contributed by atoms with Gasteiger partial charge in [-0.25, -0.2) is 4.39 Å². The molecule has 0 fully saturated rings. The minimum atomic E-state index is -0.256. The molecule has 0 aliphatic rings. The van der Waals surface area contributed by atoms with Gasteiger partial charge in [0.05, 0.1) is 4.47 Å². The quantitative estimate of drug-likeness (QED) is 0.865. The molecule has 72 valence electrons. The summed E-state index contributed by atoms with van der Waals surface area (Å²) in [5.74, 6) is -0.256. The molecule has 14 heavy (non-hydrogen) atoms. The Balaban J connectivity index is 2.49. The van der Waals surface area contributed by atoms with Gasteiger partial charge in [0, 0.05) is 5.56 Å². The summed E-state index contributed by atoms with van der Waals surface area (Å²) in [5.41, 5.74) is 7.25. The van der Waals surface area contributed by atoms with Gasteiger partial charge in [-0.1, -0.05) is 0 Å². The number of hydrogen-bond acceptors (Lipinski definition) is 3.